The predicted octanol–water partition coefficient (Wildman–Crippen LogP) is 3.15. The molecule has 0 radical (unpaired) electrons. The first-order valence-corrected chi connectivity index (χ1v) is 9.57. The van der Waals surface area contributed by atoms with Gasteiger partial charge in [-0.2, -0.15) is 5.10 Å². The largest absolute Gasteiger partial charge is 0.356 e. The van der Waals surface area contributed by atoms with E-state index >= 15 is 0 Å². The Labute approximate surface area is 163 Å². The lowest BCUT2D eigenvalue weighted by Gasteiger charge is -2.08. The highest BCUT2D eigenvalue weighted by Gasteiger charge is 2.17. The molecule has 0 aliphatic carbocycles. The van der Waals surface area contributed by atoms with Crippen molar-refractivity contribution in [3.05, 3.63) is 70.9 Å². The van der Waals surface area contributed by atoms with Crippen LogP contribution in [0.5, 0.6) is 0 Å². The third kappa shape index (κ3) is 4.14. The molecule has 2 N–H and O–H groups in total. The van der Waals surface area contributed by atoms with Gasteiger partial charge in [-0.05, 0) is 49.2 Å². The Morgan fingerprint density at radius 1 is 0.929 bits per heavy atom. The maximum atomic E-state index is 12.4. The molecule has 7 nitrogen and oxygen atoms in total. The molecule has 4 rings (SSSR count). The molecule has 0 saturated carbocycles. The maximum Gasteiger partial charge on any atom is 0.346 e. The quantitative estimate of drug-likeness (QED) is 0.716. The number of carbonyl (C=O) groups excluding carboxylic acids is 1. The molecule has 0 spiro atoms. The summed E-state index contributed by atoms with van der Waals surface area (Å²) in [6.45, 7) is 0.606. The number of nitrogens with one attached hydrogen (secondary N) is 2. The molecule has 1 aliphatic rings. The number of carbonyl (C=O) groups is 1. The van der Waals surface area contributed by atoms with Gasteiger partial charge in [-0.15, -0.1) is 0 Å². The summed E-state index contributed by atoms with van der Waals surface area (Å²) in [7, 11) is 0. The van der Waals surface area contributed by atoms with Crippen molar-refractivity contribution in [2.24, 2.45) is 0 Å². The van der Waals surface area contributed by atoms with E-state index in [4.69, 9.17) is 0 Å². The van der Waals surface area contributed by atoms with E-state index in [0.29, 0.717) is 12.2 Å². The van der Waals surface area contributed by atoms with Gasteiger partial charge in [-0.1, -0.05) is 24.6 Å². The molecule has 7 heteroatoms. The smallest absolute Gasteiger partial charge is 0.346 e. The van der Waals surface area contributed by atoms with Crippen LogP contribution in [-0.4, -0.2) is 20.3 Å². The molecule has 0 fully saturated rings. The van der Waals surface area contributed by atoms with Crippen molar-refractivity contribution in [1.82, 2.24) is 14.3 Å². The second-order valence-electron chi connectivity index (χ2n) is 6.94. The Morgan fingerprint density at radius 3 is 2.43 bits per heavy atom. The third-order valence-electron chi connectivity index (χ3n) is 4.81. The normalized spacial score (nSPS) is 13.4. The lowest BCUT2D eigenvalue weighted by atomic mass is 10.2. The molecule has 28 heavy (non-hydrogen) atoms. The third-order valence-corrected chi connectivity index (χ3v) is 4.81. The molecule has 0 saturated heterocycles. The van der Waals surface area contributed by atoms with Crippen LogP contribution in [0.15, 0.2) is 59.4 Å². The summed E-state index contributed by atoms with van der Waals surface area (Å²) in [5, 5.41) is 10.5. The molecular formula is C21H23N5O2. The van der Waals surface area contributed by atoms with Gasteiger partial charge in [0, 0.05) is 30.0 Å². The fraction of sp³-hybridized carbons (Fsp3) is 0.286. The van der Waals surface area contributed by atoms with Crippen LogP contribution in [0.25, 0.3) is 0 Å². The lowest BCUT2D eigenvalue weighted by Crippen LogP contribution is -2.30. The van der Waals surface area contributed by atoms with E-state index in [-0.39, 0.29) is 18.1 Å². The zero-order valence-electron chi connectivity index (χ0n) is 15.6. The van der Waals surface area contributed by atoms with Crippen LogP contribution in [0.1, 0.15) is 25.1 Å². The van der Waals surface area contributed by atoms with Gasteiger partial charge in [0.05, 0.1) is 0 Å². The van der Waals surface area contributed by atoms with Crippen LogP contribution >= 0.6 is 0 Å². The minimum Gasteiger partial charge on any atom is -0.356 e. The number of aromatic nitrogens is 3. The fourth-order valence-electron chi connectivity index (χ4n) is 3.39. The molecule has 2 heterocycles. The highest BCUT2D eigenvalue weighted by Crippen LogP contribution is 2.18. The van der Waals surface area contributed by atoms with E-state index in [0.717, 1.165) is 42.9 Å². The number of nitrogens with zero attached hydrogens (tertiary/aromatic N) is 3. The number of benzene rings is 2. The van der Waals surface area contributed by atoms with Crippen molar-refractivity contribution in [3.8, 4) is 0 Å². The summed E-state index contributed by atoms with van der Waals surface area (Å²) in [5.74, 6) is 0.519. The van der Waals surface area contributed by atoms with Crippen molar-refractivity contribution in [1.29, 1.82) is 0 Å². The van der Waals surface area contributed by atoms with Gasteiger partial charge in [-0.25, -0.2) is 9.48 Å². The van der Waals surface area contributed by atoms with Gasteiger partial charge in [0.25, 0.3) is 0 Å². The molecule has 2 aromatic carbocycles. The van der Waals surface area contributed by atoms with Gasteiger partial charge in [-0.3, -0.25) is 9.36 Å². The number of hydrogen-bond donors (Lipinski definition) is 2. The summed E-state index contributed by atoms with van der Waals surface area (Å²) >= 11 is 0. The number of para-hydroxylation sites is 1. The first-order valence-electron chi connectivity index (χ1n) is 9.57. The Balaban J connectivity index is 1.38. The highest BCUT2D eigenvalue weighted by molar-refractivity contribution is 5.90. The predicted molar refractivity (Wildman–Crippen MR) is 109 cm³/mol. The topological polar surface area (TPSA) is 81.0 Å². The van der Waals surface area contributed by atoms with Crippen LogP contribution < -0.4 is 16.3 Å². The van der Waals surface area contributed by atoms with E-state index < -0.39 is 0 Å². The number of hydrogen-bond acceptors (Lipinski definition) is 4. The Hall–Kier alpha value is -3.35. The van der Waals surface area contributed by atoms with E-state index in [1.807, 2.05) is 54.6 Å². The Kier molecular flexibility index (Phi) is 5.23. The van der Waals surface area contributed by atoms with E-state index in [2.05, 4.69) is 15.7 Å². The van der Waals surface area contributed by atoms with Gasteiger partial charge < -0.3 is 10.6 Å². The standard InChI is InChI=1S/C21H23N5O2/c27-20(15-26-21(28)25-14-6-2-5-9-19(25)24-26)23-18-12-10-17(11-13-18)22-16-7-3-1-4-8-16/h1,3-4,7-8,10-13,22H,2,5-6,9,14-15H2,(H,23,27). The van der Waals surface area contributed by atoms with Gasteiger partial charge in [0.2, 0.25) is 5.91 Å². The van der Waals surface area contributed by atoms with Crippen molar-refractivity contribution < 1.29 is 4.79 Å². The van der Waals surface area contributed by atoms with Crippen LogP contribution in [0, 0.1) is 0 Å². The second kappa shape index (κ2) is 8.12. The van der Waals surface area contributed by atoms with Crippen molar-refractivity contribution in [2.75, 3.05) is 10.6 Å². The van der Waals surface area contributed by atoms with Crippen molar-refractivity contribution in [2.45, 2.75) is 38.8 Å². The molecule has 1 aromatic heterocycles. The van der Waals surface area contributed by atoms with Crippen molar-refractivity contribution >= 4 is 23.0 Å². The van der Waals surface area contributed by atoms with E-state index in [1.165, 1.54) is 4.68 Å². The fourth-order valence-corrected chi connectivity index (χ4v) is 3.39. The molecule has 0 atom stereocenters. The molecular weight excluding hydrogens is 354 g/mol. The molecule has 0 bridgehead atoms. The van der Waals surface area contributed by atoms with Crippen LogP contribution in [0.3, 0.4) is 0 Å². The molecule has 1 amide bonds. The molecule has 144 valence electrons. The number of fused-ring (bicyclic) bond motifs is 1. The first kappa shape index (κ1) is 18.0. The Bertz CT molecular complexity index is 1010. The monoisotopic (exact) mass is 377 g/mol. The summed E-state index contributed by atoms with van der Waals surface area (Å²) in [6.07, 6.45) is 3.92. The zero-order chi connectivity index (χ0) is 19.3. The summed E-state index contributed by atoms with van der Waals surface area (Å²) in [4.78, 5) is 24.8. The first-order chi connectivity index (χ1) is 13.7. The lowest BCUT2D eigenvalue weighted by molar-refractivity contribution is -0.117. The SMILES string of the molecule is O=C(Cn1nc2n(c1=O)CCCCC2)Nc1ccc(Nc2ccccc2)cc1. The Morgan fingerprint density at radius 2 is 1.64 bits per heavy atom. The van der Waals surface area contributed by atoms with Gasteiger partial charge in [0.15, 0.2) is 0 Å². The van der Waals surface area contributed by atoms with Gasteiger partial charge in [0.1, 0.15) is 12.4 Å². The number of aryl methyl sites for hydroxylation is 1. The second-order valence-corrected chi connectivity index (χ2v) is 6.94. The number of amides is 1. The van der Waals surface area contributed by atoms with E-state index in [9.17, 15) is 9.59 Å². The number of rotatable bonds is 5. The van der Waals surface area contributed by atoms with Crippen LogP contribution in [0.4, 0.5) is 17.1 Å². The molecule has 3 aromatic rings. The summed E-state index contributed by atoms with van der Waals surface area (Å²) < 4.78 is 2.96. The minimum absolute atomic E-state index is 0.0805. The van der Waals surface area contributed by atoms with Crippen molar-refractivity contribution in [3.63, 3.8) is 0 Å². The van der Waals surface area contributed by atoms with Gasteiger partial charge >= 0.3 is 5.69 Å². The minimum atomic E-state index is -0.265. The summed E-state index contributed by atoms with van der Waals surface area (Å²) in [5.41, 5.74) is 2.41. The average molecular weight is 377 g/mol. The molecule has 0 unspecified atom stereocenters. The molecule has 1 aliphatic heterocycles. The zero-order valence-corrected chi connectivity index (χ0v) is 15.6. The summed E-state index contributed by atoms with van der Waals surface area (Å²) in [6, 6.07) is 17.3. The maximum absolute atomic E-state index is 12.4. The number of anilines is 3. The van der Waals surface area contributed by atoms with E-state index in [1.54, 1.807) is 4.57 Å². The van der Waals surface area contributed by atoms with Crippen LogP contribution in [0.2, 0.25) is 0 Å². The highest BCUT2D eigenvalue weighted by atomic mass is 16.2. The van der Waals surface area contributed by atoms with Crippen LogP contribution in [-0.2, 0) is 24.3 Å². The average Bonchev–Trinajstić information content (AvgIpc) is 2.86.